The lowest BCUT2D eigenvalue weighted by molar-refractivity contribution is 0.0761. The predicted molar refractivity (Wildman–Crippen MR) is 115 cm³/mol. The standard InChI is InChI=1S/C23H24ClFN4O/c24-22-5-2-1-4-19(22)16-29-17-20(14-26-29)23(30)28-11-3-10-27(12-13-28)15-18-6-8-21(25)9-7-18/h1-2,4-9,14,17H,3,10-13,15-16H2. The van der Waals surface area contributed by atoms with Crippen molar-refractivity contribution in [1.82, 2.24) is 19.6 Å². The molecule has 0 unspecified atom stereocenters. The number of halogens is 2. The minimum Gasteiger partial charge on any atom is -0.337 e. The zero-order valence-electron chi connectivity index (χ0n) is 16.7. The number of carbonyl (C=O) groups excluding carboxylic acids is 1. The summed E-state index contributed by atoms with van der Waals surface area (Å²) in [6, 6.07) is 14.2. The molecule has 1 aromatic heterocycles. The summed E-state index contributed by atoms with van der Waals surface area (Å²) in [6.45, 7) is 4.37. The molecular formula is C23H24ClFN4O. The topological polar surface area (TPSA) is 41.4 Å². The van der Waals surface area contributed by atoms with Crippen LogP contribution in [0.15, 0.2) is 60.9 Å². The highest BCUT2D eigenvalue weighted by molar-refractivity contribution is 6.31. The van der Waals surface area contributed by atoms with Gasteiger partial charge in [-0.2, -0.15) is 5.10 Å². The van der Waals surface area contributed by atoms with E-state index in [1.54, 1.807) is 17.1 Å². The Labute approximate surface area is 180 Å². The molecule has 1 saturated heterocycles. The number of aromatic nitrogens is 2. The minimum atomic E-state index is -0.221. The van der Waals surface area contributed by atoms with Crippen molar-refractivity contribution >= 4 is 17.5 Å². The van der Waals surface area contributed by atoms with Crippen molar-refractivity contribution < 1.29 is 9.18 Å². The van der Waals surface area contributed by atoms with Crippen LogP contribution in [0.3, 0.4) is 0 Å². The molecule has 0 bridgehead atoms. The number of benzene rings is 2. The number of nitrogens with zero attached hydrogens (tertiary/aromatic N) is 4. The highest BCUT2D eigenvalue weighted by Crippen LogP contribution is 2.17. The van der Waals surface area contributed by atoms with Gasteiger partial charge in [-0.15, -0.1) is 0 Å². The molecule has 1 aliphatic rings. The third-order valence-electron chi connectivity index (χ3n) is 5.37. The zero-order chi connectivity index (χ0) is 20.9. The molecule has 7 heteroatoms. The van der Waals surface area contributed by atoms with Crippen LogP contribution in [0.1, 0.15) is 27.9 Å². The van der Waals surface area contributed by atoms with Gasteiger partial charge in [0, 0.05) is 43.9 Å². The van der Waals surface area contributed by atoms with E-state index in [1.165, 1.54) is 12.1 Å². The molecule has 0 spiro atoms. The van der Waals surface area contributed by atoms with Gasteiger partial charge < -0.3 is 4.90 Å². The van der Waals surface area contributed by atoms with Crippen LogP contribution in [0.2, 0.25) is 5.02 Å². The average Bonchev–Trinajstić information content (AvgIpc) is 3.09. The molecule has 4 rings (SSSR count). The van der Waals surface area contributed by atoms with Crippen molar-refractivity contribution in [2.45, 2.75) is 19.5 Å². The number of hydrogen-bond donors (Lipinski definition) is 0. The Hall–Kier alpha value is -2.70. The average molecular weight is 427 g/mol. The van der Waals surface area contributed by atoms with Gasteiger partial charge in [0.25, 0.3) is 5.91 Å². The summed E-state index contributed by atoms with van der Waals surface area (Å²) in [4.78, 5) is 17.2. The molecule has 0 aliphatic carbocycles. The van der Waals surface area contributed by atoms with E-state index in [-0.39, 0.29) is 11.7 Å². The first-order valence-corrected chi connectivity index (χ1v) is 10.5. The molecule has 30 heavy (non-hydrogen) atoms. The Morgan fingerprint density at radius 2 is 1.80 bits per heavy atom. The lowest BCUT2D eigenvalue weighted by atomic mass is 10.2. The van der Waals surface area contributed by atoms with E-state index in [9.17, 15) is 9.18 Å². The maximum absolute atomic E-state index is 13.1. The van der Waals surface area contributed by atoms with E-state index < -0.39 is 0 Å². The summed E-state index contributed by atoms with van der Waals surface area (Å²) in [6.07, 6.45) is 4.31. The lowest BCUT2D eigenvalue weighted by Gasteiger charge is -2.21. The summed E-state index contributed by atoms with van der Waals surface area (Å²) < 4.78 is 14.8. The van der Waals surface area contributed by atoms with E-state index in [1.807, 2.05) is 41.3 Å². The summed E-state index contributed by atoms with van der Waals surface area (Å²) in [5, 5.41) is 5.03. The summed E-state index contributed by atoms with van der Waals surface area (Å²) in [5.74, 6) is -0.217. The Morgan fingerprint density at radius 3 is 2.60 bits per heavy atom. The zero-order valence-corrected chi connectivity index (χ0v) is 17.4. The first-order valence-electron chi connectivity index (χ1n) is 10.1. The van der Waals surface area contributed by atoms with Crippen molar-refractivity contribution in [3.05, 3.63) is 88.5 Å². The predicted octanol–water partition coefficient (Wildman–Crippen LogP) is 4.07. The molecule has 0 saturated carbocycles. The van der Waals surface area contributed by atoms with Crippen molar-refractivity contribution in [2.75, 3.05) is 26.2 Å². The minimum absolute atomic E-state index is 0.00374. The van der Waals surface area contributed by atoms with E-state index in [2.05, 4.69) is 10.00 Å². The third kappa shape index (κ3) is 5.07. The molecule has 5 nitrogen and oxygen atoms in total. The van der Waals surface area contributed by atoms with Crippen LogP contribution in [-0.4, -0.2) is 51.7 Å². The molecule has 0 atom stereocenters. The van der Waals surface area contributed by atoms with Crippen LogP contribution < -0.4 is 0 Å². The van der Waals surface area contributed by atoms with Crippen LogP contribution in [0.4, 0.5) is 4.39 Å². The number of amides is 1. The van der Waals surface area contributed by atoms with Gasteiger partial charge in [0.2, 0.25) is 0 Å². The van der Waals surface area contributed by atoms with Gasteiger partial charge in [-0.3, -0.25) is 14.4 Å². The van der Waals surface area contributed by atoms with Crippen LogP contribution in [0, 0.1) is 5.82 Å². The second-order valence-corrected chi connectivity index (χ2v) is 7.97. The van der Waals surface area contributed by atoms with Crippen LogP contribution >= 0.6 is 11.6 Å². The fourth-order valence-corrected chi connectivity index (χ4v) is 3.92. The summed E-state index contributed by atoms with van der Waals surface area (Å²) in [7, 11) is 0. The highest BCUT2D eigenvalue weighted by Gasteiger charge is 2.21. The Bertz CT molecular complexity index is 1000. The van der Waals surface area contributed by atoms with Gasteiger partial charge in [-0.05, 0) is 35.7 Å². The van der Waals surface area contributed by atoms with Gasteiger partial charge >= 0.3 is 0 Å². The first-order chi connectivity index (χ1) is 14.6. The summed E-state index contributed by atoms with van der Waals surface area (Å²) in [5.41, 5.74) is 2.64. The normalized spacial score (nSPS) is 15.2. The van der Waals surface area contributed by atoms with E-state index >= 15 is 0 Å². The lowest BCUT2D eigenvalue weighted by Crippen LogP contribution is -2.35. The molecule has 1 fully saturated rings. The van der Waals surface area contributed by atoms with E-state index in [0.29, 0.717) is 30.2 Å². The maximum Gasteiger partial charge on any atom is 0.257 e. The molecule has 2 aromatic carbocycles. The SMILES string of the molecule is O=C(c1cnn(Cc2ccccc2Cl)c1)N1CCCN(Cc2ccc(F)cc2)CC1. The third-order valence-corrected chi connectivity index (χ3v) is 5.73. The fraction of sp³-hybridized carbons (Fsp3) is 0.304. The Morgan fingerprint density at radius 1 is 1.00 bits per heavy atom. The second kappa shape index (κ2) is 9.41. The smallest absolute Gasteiger partial charge is 0.257 e. The van der Waals surface area contributed by atoms with Crippen LogP contribution in [-0.2, 0) is 13.1 Å². The molecular weight excluding hydrogens is 403 g/mol. The van der Waals surface area contributed by atoms with Gasteiger partial charge in [0.05, 0.1) is 18.3 Å². The first kappa shape index (κ1) is 20.6. The molecule has 0 radical (unpaired) electrons. The van der Waals surface area contributed by atoms with Crippen LogP contribution in [0.25, 0.3) is 0 Å². The molecule has 1 amide bonds. The number of rotatable bonds is 5. The monoisotopic (exact) mass is 426 g/mol. The van der Waals surface area contributed by atoms with Gasteiger partial charge in [0.15, 0.2) is 0 Å². The molecule has 1 aliphatic heterocycles. The van der Waals surface area contributed by atoms with E-state index in [0.717, 1.165) is 37.2 Å². The van der Waals surface area contributed by atoms with Crippen molar-refractivity contribution in [2.24, 2.45) is 0 Å². The van der Waals surface area contributed by atoms with E-state index in [4.69, 9.17) is 11.6 Å². The number of carbonyl (C=O) groups is 1. The quantitative estimate of drug-likeness (QED) is 0.617. The fourth-order valence-electron chi connectivity index (χ4n) is 3.72. The second-order valence-electron chi connectivity index (χ2n) is 7.57. The largest absolute Gasteiger partial charge is 0.337 e. The van der Waals surface area contributed by atoms with Gasteiger partial charge in [-0.1, -0.05) is 41.9 Å². The molecule has 0 N–H and O–H groups in total. The Balaban J connectivity index is 1.35. The van der Waals surface area contributed by atoms with Crippen molar-refractivity contribution in [1.29, 1.82) is 0 Å². The molecule has 156 valence electrons. The Kier molecular flexibility index (Phi) is 6.45. The molecule has 3 aromatic rings. The van der Waals surface area contributed by atoms with Crippen molar-refractivity contribution in [3.63, 3.8) is 0 Å². The highest BCUT2D eigenvalue weighted by atomic mass is 35.5. The summed E-state index contributed by atoms with van der Waals surface area (Å²) >= 11 is 6.22. The van der Waals surface area contributed by atoms with Crippen LogP contribution in [0.5, 0.6) is 0 Å². The van der Waals surface area contributed by atoms with Crippen molar-refractivity contribution in [3.8, 4) is 0 Å². The van der Waals surface area contributed by atoms with Gasteiger partial charge in [0.1, 0.15) is 5.82 Å². The maximum atomic E-state index is 13.1. The molecule has 2 heterocycles. The van der Waals surface area contributed by atoms with Gasteiger partial charge in [-0.25, -0.2) is 4.39 Å². The number of hydrogen-bond acceptors (Lipinski definition) is 3.